The molecule has 2 heteroatoms. The zero-order valence-corrected chi connectivity index (χ0v) is 4.64. The van der Waals surface area contributed by atoms with Gasteiger partial charge in [-0.3, -0.25) is 9.59 Å². The third-order valence-corrected chi connectivity index (χ3v) is 0.768. The Labute approximate surface area is 48.9 Å². The van der Waals surface area contributed by atoms with E-state index in [0.29, 0.717) is 19.3 Å². The van der Waals surface area contributed by atoms with Gasteiger partial charge in [-0.05, 0) is 6.42 Å². The van der Waals surface area contributed by atoms with E-state index in [9.17, 15) is 9.59 Å². The summed E-state index contributed by atoms with van der Waals surface area (Å²) in [5, 5.41) is 0. The van der Waals surface area contributed by atoms with E-state index in [2.05, 4.69) is 6.92 Å². The van der Waals surface area contributed by atoms with Crippen LogP contribution in [0, 0.1) is 6.92 Å². The van der Waals surface area contributed by atoms with Gasteiger partial charge in [-0.2, -0.15) is 0 Å². The molecule has 0 aromatic rings. The molecule has 8 heavy (non-hydrogen) atoms. The standard InChI is InChI=1S/C6H8O2/c1-2-3-4-6(8)5-7/h1-4H2. The Morgan fingerprint density at radius 2 is 2.25 bits per heavy atom. The number of Topliss-reactive ketones (excluding diaryl/α,β-unsaturated/α-hetero) is 1. The summed E-state index contributed by atoms with van der Waals surface area (Å²) >= 11 is 0. The summed E-state index contributed by atoms with van der Waals surface area (Å²) in [6.07, 6.45) is 2.97. The van der Waals surface area contributed by atoms with Crippen molar-refractivity contribution in [1.29, 1.82) is 0 Å². The van der Waals surface area contributed by atoms with Gasteiger partial charge in [-0.1, -0.05) is 13.3 Å². The fourth-order valence-corrected chi connectivity index (χ4v) is 0.337. The first-order chi connectivity index (χ1) is 3.81. The maximum absolute atomic E-state index is 10.1. The molecule has 0 aromatic heterocycles. The van der Waals surface area contributed by atoms with Crippen molar-refractivity contribution in [2.75, 3.05) is 0 Å². The number of unbranched alkanes of at least 4 members (excludes halogenated alkanes) is 1. The van der Waals surface area contributed by atoms with E-state index in [0.717, 1.165) is 0 Å². The third-order valence-electron chi connectivity index (χ3n) is 0.768. The van der Waals surface area contributed by atoms with Crippen LogP contribution in [0.4, 0.5) is 0 Å². The van der Waals surface area contributed by atoms with E-state index in [1.54, 1.807) is 0 Å². The van der Waals surface area contributed by atoms with Crippen LogP contribution < -0.4 is 0 Å². The van der Waals surface area contributed by atoms with Gasteiger partial charge in [0.25, 0.3) is 6.29 Å². The molecule has 0 aliphatic heterocycles. The van der Waals surface area contributed by atoms with Gasteiger partial charge < -0.3 is 0 Å². The minimum absolute atomic E-state index is 0.299. The highest BCUT2D eigenvalue weighted by Crippen LogP contribution is 1.91. The molecule has 0 rings (SSSR count). The average Bonchev–Trinajstić information content (AvgIpc) is 1.83. The molecule has 0 aliphatic rings. The molecule has 0 bridgehead atoms. The van der Waals surface area contributed by atoms with Crippen LogP contribution in [0.3, 0.4) is 0 Å². The highest BCUT2D eigenvalue weighted by molar-refractivity contribution is 6.25. The molecule has 0 saturated heterocycles. The van der Waals surface area contributed by atoms with Crippen LogP contribution in [0.1, 0.15) is 19.3 Å². The molecular formula is C6H8O2. The second-order valence-corrected chi connectivity index (χ2v) is 1.48. The van der Waals surface area contributed by atoms with Crippen LogP contribution in [-0.2, 0) is 9.59 Å². The molecule has 0 atom stereocenters. The van der Waals surface area contributed by atoms with Crippen molar-refractivity contribution < 1.29 is 9.59 Å². The highest BCUT2D eigenvalue weighted by Gasteiger charge is 1.96. The Bertz CT molecular complexity index is 86.5. The molecule has 0 heterocycles. The Balaban J connectivity index is 3.11. The van der Waals surface area contributed by atoms with E-state index in [1.165, 1.54) is 6.29 Å². The first kappa shape index (κ1) is 7.34. The summed E-state index contributed by atoms with van der Waals surface area (Å²) < 4.78 is 0. The van der Waals surface area contributed by atoms with Crippen LogP contribution in [-0.4, -0.2) is 12.1 Å². The van der Waals surface area contributed by atoms with Crippen molar-refractivity contribution in [3.8, 4) is 0 Å². The molecule has 0 amide bonds. The molecular weight excluding hydrogens is 104 g/mol. The normalized spacial score (nSPS) is 8.62. The van der Waals surface area contributed by atoms with Gasteiger partial charge in [-0.25, -0.2) is 0 Å². The molecule has 0 spiro atoms. The smallest absolute Gasteiger partial charge is 0.272 e. The van der Waals surface area contributed by atoms with Crippen molar-refractivity contribution in [2.24, 2.45) is 0 Å². The lowest BCUT2D eigenvalue weighted by atomic mass is 10.2. The van der Waals surface area contributed by atoms with Crippen molar-refractivity contribution in [3.05, 3.63) is 6.92 Å². The van der Waals surface area contributed by atoms with Gasteiger partial charge in [0.05, 0.1) is 0 Å². The monoisotopic (exact) mass is 112 g/mol. The molecule has 0 saturated carbocycles. The minimum Gasteiger partial charge on any atom is -0.290 e. The van der Waals surface area contributed by atoms with Gasteiger partial charge in [0, 0.05) is 6.42 Å². The van der Waals surface area contributed by atoms with E-state index < -0.39 is 5.78 Å². The quantitative estimate of drug-likeness (QED) is 0.501. The number of rotatable bonds is 4. The van der Waals surface area contributed by atoms with Gasteiger partial charge in [0.15, 0.2) is 0 Å². The van der Waals surface area contributed by atoms with E-state index in [4.69, 9.17) is 0 Å². The van der Waals surface area contributed by atoms with Crippen LogP contribution in [0.2, 0.25) is 0 Å². The van der Waals surface area contributed by atoms with E-state index in [-0.39, 0.29) is 0 Å². The largest absolute Gasteiger partial charge is 0.290 e. The fraction of sp³-hybridized carbons (Fsp3) is 0.500. The zero-order valence-electron chi connectivity index (χ0n) is 4.64. The lowest BCUT2D eigenvalue weighted by Crippen LogP contribution is -1.96. The first-order valence-corrected chi connectivity index (χ1v) is 2.51. The maximum Gasteiger partial charge on any atom is 0.272 e. The van der Waals surface area contributed by atoms with E-state index in [1.807, 2.05) is 0 Å². The minimum atomic E-state index is -0.450. The molecule has 0 fully saturated rings. The summed E-state index contributed by atoms with van der Waals surface area (Å²) in [6.45, 7) is 3.51. The van der Waals surface area contributed by atoms with Crippen molar-refractivity contribution >= 4 is 12.1 Å². The Morgan fingerprint density at radius 3 is 2.62 bits per heavy atom. The maximum atomic E-state index is 10.1. The first-order valence-electron chi connectivity index (χ1n) is 2.51. The van der Waals surface area contributed by atoms with Crippen LogP contribution >= 0.6 is 0 Å². The Hall–Kier alpha value is -0.660. The topological polar surface area (TPSA) is 34.1 Å². The van der Waals surface area contributed by atoms with Crippen LogP contribution in [0.15, 0.2) is 0 Å². The second kappa shape index (κ2) is 4.50. The fourth-order valence-electron chi connectivity index (χ4n) is 0.337. The summed E-state index contributed by atoms with van der Waals surface area (Å²) in [5.74, 6) is -0.450. The van der Waals surface area contributed by atoms with Crippen molar-refractivity contribution in [1.82, 2.24) is 0 Å². The van der Waals surface area contributed by atoms with Crippen molar-refractivity contribution in [2.45, 2.75) is 19.3 Å². The van der Waals surface area contributed by atoms with Crippen LogP contribution in [0.25, 0.3) is 0 Å². The summed E-state index contributed by atoms with van der Waals surface area (Å²) in [6, 6.07) is 0. The number of hydrogen-bond donors (Lipinski definition) is 0. The van der Waals surface area contributed by atoms with Crippen LogP contribution in [0.5, 0.6) is 0 Å². The van der Waals surface area contributed by atoms with Gasteiger partial charge in [-0.15, -0.1) is 0 Å². The molecule has 0 unspecified atom stereocenters. The molecule has 0 N–H and O–H groups in total. The lowest BCUT2D eigenvalue weighted by molar-refractivity contribution is -0.113. The van der Waals surface area contributed by atoms with Gasteiger partial charge in [0.1, 0.15) is 0 Å². The number of carbonyl (C=O) groups excluding carboxylic acids is 2. The molecule has 2 radical (unpaired) electrons. The highest BCUT2D eigenvalue weighted by atomic mass is 16.2. The molecule has 2 nitrogen and oxygen atoms in total. The number of ketones is 1. The third kappa shape index (κ3) is 3.53. The lowest BCUT2D eigenvalue weighted by Gasteiger charge is -1.85. The number of carbonyl (C=O) groups is 1. The summed E-state index contributed by atoms with van der Waals surface area (Å²) in [7, 11) is 0. The Morgan fingerprint density at radius 1 is 1.62 bits per heavy atom. The average molecular weight is 112 g/mol. The number of hydrogen-bond acceptors (Lipinski definition) is 2. The van der Waals surface area contributed by atoms with Crippen molar-refractivity contribution in [3.63, 3.8) is 0 Å². The predicted octanol–water partition coefficient (Wildman–Crippen LogP) is 0.670. The summed E-state index contributed by atoms with van der Waals surface area (Å²) in [5.41, 5.74) is 0. The zero-order chi connectivity index (χ0) is 6.41. The predicted molar refractivity (Wildman–Crippen MR) is 29.9 cm³/mol. The van der Waals surface area contributed by atoms with E-state index >= 15 is 0 Å². The van der Waals surface area contributed by atoms with Gasteiger partial charge in [0.2, 0.25) is 5.78 Å². The summed E-state index contributed by atoms with van der Waals surface area (Å²) in [4.78, 5) is 19.6. The second-order valence-electron chi connectivity index (χ2n) is 1.48. The SMILES string of the molecule is [CH2]CCCC(=O)[C]=O. The Kier molecular flexibility index (Phi) is 4.13. The van der Waals surface area contributed by atoms with Gasteiger partial charge >= 0.3 is 0 Å². The molecule has 44 valence electrons. The molecule has 0 aromatic carbocycles. The molecule has 0 aliphatic carbocycles.